The van der Waals surface area contributed by atoms with Crippen molar-refractivity contribution in [2.24, 2.45) is 0 Å². The lowest BCUT2D eigenvalue weighted by Gasteiger charge is -2.41. The zero-order valence-corrected chi connectivity index (χ0v) is 21.9. The molecule has 0 unspecified atom stereocenters. The number of alkyl halides is 3. The molecule has 0 atom stereocenters. The summed E-state index contributed by atoms with van der Waals surface area (Å²) in [6, 6.07) is 12.0. The molecule has 0 amide bonds. The first-order chi connectivity index (χ1) is 18.2. The topological polar surface area (TPSA) is 77.1 Å². The summed E-state index contributed by atoms with van der Waals surface area (Å²) in [5.41, 5.74) is 0.841. The van der Waals surface area contributed by atoms with Crippen LogP contribution in [0.4, 0.5) is 13.2 Å². The number of hydrogen-bond donors (Lipinski definition) is 1. The zero-order valence-electron chi connectivity index (χ0n) is 21.1. The Hall–Kier alpha value is -2.50. The fourth-order valence-electron chi connectivity index (χ4n) is 5.72. The molecule has 1 saturated carbocycles. The van der Waals surface area contributed by atoms with Gasteiger partial charge in [-0.1, -0.05) is 18.2 Å². The number of rotatable bonds is 7. The fraction of sp³-hybridized carbons (Fsp3) is 0.556. The number of para-hydroxylation sites is 1. The molecule has 38 heavy (non-hydrogen) atoms. The number of fused-ring (bicyclic) bond motifs is 1. The quantitative estimate of drug-likeness (QED) is 0.527. The lowest BCUT2D eigenvalue weighted by atomic mass is 9.85. The van der Waals surface area contributed by atoms with E-state index < -0.39 is 22.8 Å². The van der Waals surface area contributed by atoms with Crippen molar-refractivity contribution >= 4 is 10.0 Å². The van der Waals surface area contributed by atoms with Crippen LogP contribution in [0.1, 0.15) is 50.0 Å². The predicted octanol–water partition coefficient (Wildman–Crippen LogP) is 4.87. The van der Waals surface area contributed by atoms with Crippen LogP contribution < -0.4 is 18.9 Å². The normalized spacial score (nSPS) is 23.2. The van der Waals surface area contributed by atoms with E-state index in [2.05, 4.69) is 9.62 Å². The van der Waals surface area contributed by atoms with Crippen LogP contribution >= 0.6 is 0 Å². The molecule has 5 rings (SSSR count). The van der Waals surface area contributed by atoms with Gasteiger partial charge in [0.1, 0.15) is 19.0 Å². The summed E-state index contributed by atoms with van der Waals surface area (Å²) in [7, 11) is -3.67. The van der Waals surface area contributed by atoms with Crippen molar-refractivity contribution in [3.8, 4) is 17.2 Å². The van der Waals surface area contributed by atoms with Crippen molar-refractivity contribution in [1.29, 1.82) is 0 Å². The maximum atomic E-state index is 13.0. The van der Waals surface area contributed by atoms with Gasteiger partial charge in [0.25, 0.3) is 0 Å². The van der Waals surface area contributed by atoms with Gasteiger partial charge in [-0.15, -0.1) is 0 Å². The van der Waals surface area contributed by atoms with Crippen molar-refractivity contribution in [3.63, 3.8) is 0 Å². The van der Waals surface area contributed by atoms with E-state index in [1.54, 1.807) is 18.2 Å². The van der Waals surface area contributed by atoms with Crippen LogP contribution in [-0.2, 0) is 10.0 Å². The van der Waals surface area contributed by atoms with Gasteiger partial charge in [0, 0.05) is 18.2 Å². The Morgan fingerprint density at radius 2 is 1.61 bits per heavy atom. The highest BCUT2D eigenvalue weighted by molar-refractivity contribution is 7.89. The number of piperidine rings is 1. The Balaban J connectivity index is 1.11. The molecule has 2 aromatic rings. The SMILES string of the molecule is O=S(=O)(NC1CCC(N2CCC(c3ccccc3OCC(F)(F)F)CC2)CC1)c1ccc2c(c1)OCCO2. The van der Waals surface area contributed by atoms with E-state index in [4.69, 9.17) is 14.2 Å². The number of nitrogens with zero attached hydrogens (tertiary/aromatic N) is 1. The van der Waals surface area contributed by atoms with Gasteiger partial charge in [-0.05, 0) is 81.3 Å². The molecule has 1 N–H and O–H groups in total. The highest BCUT2D eigenvalue weighted by Crippen LogP contribution is 2.37. The molecule has 0 aromatic heterocycles. The van der Waals surface area contributed by atoms with Crippen LogP contribution in [0.15, 0.2) is 47.4 Å². The number of benzene rings is 2. The maximum absolute atomic E-state index is 13.0. The molecule has 0 spiro atoms. The van der Waals surface area contributed by atoms with Gasteiger partial charge >= 0.3 is 6.18 Å². The van der Waals surface area contributed by atoms with Gasteiger partial charge in [-0.3, -0.25) is 0 Å². The molecule has 1 aliphatic carbocycles. The summed E-state index contributed by atoms with van der Waals surface area (Å²) in [6.45, 7) is 1.27. The summed E-state index contributed by atoms with van der Waals surface area (Å²) >= 11 is 0. The van der Waals surface area contributed by atoms with Gasteiger partial charge in [0.2, 0.25) is 10.0 Å². The molecular formula is C27H33F3N2O5S. The molecule has 3 aliphatic rings. The number of likely N-dealkylation sites (tertiary alicyclic amines) is 1. The van der Waals surface area contributed by atoms with Crippen LogP contribution in [-0.4, -0.2) is 64.5 Å². The second kappa shape index (κ2) is 11.3. The first-order valence-corrected chi connectivity index (χ1v) is 14.6. The molecule has 2 aromatic carbocycles. The van der Waals surface area contributed by atoms with E-state index in [0.717, 1.165) is 57.2 Å². The third-order valence-electron chi connectivity index (χ3n) is 7.64. The summed E-state index contributed by atoms with van der Waals surface area (Å²) in [4.78, 5) is 2.62. The number of ether oxygens (including phenoxy) is 3. The highest BCUT2D eigenvalue weighted by Gasteiger charge is 2.33. The molecule has 2 aliphatic heterocycles. The van der Waals surface area contributed by atoms with E-state index in [0.29, 0.717) is 36.5 Å². The molecule has 0 radical (unpaired) electrons. The van der Waals surface area contributed by atoms with Gasteiger partial charge in [-0.25, -0.2) is 13.1 Å². The third kappa shape index (κ3) is 6.55. The largest absolute Gasteiger partial charge is 0.486 e. The molecule has 11 heteroatoms. The molecule has 208 valence electrons. The van der Waals surface area contributed by atoms with Gasteiger partial charge < -0.3 is 19.1 Å². The van der Waals surface area contributed by atoms with Gasteiger partial charge in [-0.2, -0.15) is 13.2 Å². The smallest absolute Gasteiger partial charge is 0.422 e. The first kappa shape index (κ1) is 27.1. The lowest BCUT2D eigenvalue weighted by molar-refractivity contribution is -0.153. The van der Waals surface area contributed by atoms with Crippen LogP contribution in [0.25, 0.3) is 0 Å². The first-order valence-electron chi connectivity index (χ1n) is 13.1. The van der Waals surface area contributed by atoms with E-state index in [-0.39, 0.29) is 16.9 Å². The number of nitrogens with one attached hydrogen (secondary N) is 1. The van der Waals surface area contributed by atoms with Crippen LogP contribution in [0.2, 0.25) is 0 Å². The minimum Gasteiger partial charge on any atom is -0.486 e. The Labute approximate surface area is 221 Å². The van der Waals surface area contributed by atoms with E-state index in [1.165, 1.54) is 12.1 Å². The number of halogens is 3. The average molecular weight is 555 g/mol. The Morgan fingerprint density at radius 1 is 0.921 bits per heavy atom. The Kier molecular flexibility index (Phi) is 8.06. The van der Waals surface area contributed by atoms with Crippen molar-refractivity contribution in [2.45, 2.75) is 67.6 Å². The van der Waals surface area contributed by atoms with Gasteiger partial charge in [0.15, 0.2) is 18.1 Å². The number of sulfonamides is 1. The lowest BCUT2D eigenvalue weighted by Crippen LogP contribution is -2.46. The summed E-state index contributed by atoms with van der Waals surface area (Å²) in [6.07, 6.45) is 0.624. The average Bonchev–Trinajstić information content (AvgIpc) is 2.92. The van der Waals surface area contributed by atoms with Gasteiger partial charge in [0.05, 0.1) is 4.90 Å². The summed E-state index contributed by atoms with van der Waals surface area (Å²) in [5, 5.41) is 0. The minimum atomic E-state index is -4.37. The highest BCUT2D eigenvalue weighted by atomic mass is 32.2. The van der Waals surface area contributed by atoms with E-state index >= 15 is 0 Å². The minimum absolute atomic E-state index is 0.125. The Morgan fingerprint density at radius 3 is 2.32 bits per heavy atom. The van der Waals surface area contributed by atoms with Crippen LogP contribution in [0.3, 0.4) is 0 Å². The van der Waals surface area contributed by atoms with Crippen LogP contribution in [0, 0.1) is 0 Å². The third-order valence-corrected chi connectivity index (χ3v) is 9.16. The maximum Gasteiger partial charge on any atom is 0.422 e. The molecule has 1 saturated heterocycles. The Bertz CT molecular complexity index is 1210. The van der Waals surface area contributed by atoms with E-state index in [9.17, 15) is 21.6 Å². The second-order valence-electron chi connectivity index (χ2n) is 10.2. The van der Waals surface area contributed by atoms with Crippen LogP contribution in [0.5, 0.6) is 17.2 Å². The molecule has 7 nitrogen and oxygen atoms in total. The zero-order chi connectivity index (χ0) is 26.8. The van der Waals surface area contributed by atoms with Crippen molar-refractivity contribution in [1.82, 2.24) is 9.62 Å². The number of hydrogen-bond acceptors (Lipinski definition) is 6. The second-order valence-corrected chi connectivity index (χ2v) is 11.9. The summed E-state index contributed by atoms with van der Waals surface area (Å²) in [5.74, 6) is 1.47. The van der Waals surface area contributed by atoms with Crippen molar-refractivity contribution < 1.29 is 35.8 Å². The van der Waals surface area contributed by atoms with Crippen molar-refractivity contribution in [2.75, 3.05) is 32.9 Å². The molecule has 2 fully saturated rings. The predicted molar refractivity (Wildman–Crippen MR) is 135 cm³/mol. The molecule has 2 heterocycles. The molecular weight excluding hydrogens is 521 g/mol. The monoisotopic (exact) mass is 554 g/mol. The van der Waals surface area contributed by atoms with Crippen molar-refractivity contribution in [3.05, 3.63) is 48.0 Å². The van der Waals surface area contributed by atoms with E-state index in [1.807, 2.05) is 12.1 Å². The molecule has 0 bridgehead atoms. The standard InChI is InChI=1S/C27H33F3N2O5S/c28-27(29,30)18-37-24-4-2-1-3-23(24)19-11-13-32(14-12-19)21-7-5-20(6-8-21)31-38(33,34)22-9-10-25-26(17-22)36-16-15-35-25/h1-4,9-10,17,19-21,31H,5-8,11-16,18H2. The summed E-state index contributed by atoms with van der Waals surface area (Å²) < 4.78 is 82.9. The fourth-order valence-corrected chi connectivity index (χ4v) is 7.04.